The first-order valence-corrected chi connectivity index (χ1v) is 10.9. The molecule has 30 heavy (non-hydrogen) atoms. The van der Waals surface area contributed by atoms with Crippen LogP contribution in [-0.4, -0.2) is 23.3 Å². The minimum absolute atomic E-state index is 0.100. The Hall–Kier alpha value is -2.75. The van der Waals surface area contributed by atoms with E-state index in [1.165, 1.54) is 38.5 Å². The minimum Gasteiger partial charge on any atom is -0.508 e. The van der Waals surface area contributed by atoms with Crippen molar-refractivity contribution in [2.24, 2.45) is 17.8 Å². The molecule has 4 heteroatoms. The highest BCUT2D eigenvalue weighted by molar-refractivity contribution is 5.86. The molecular weight excluding hydrogens is 376 g/mol. The maximum atomic E-state index is 10.9. The Morgan fingerprint density at radius 2 is 1.70 bits per heavy atom. The maximum Gasteiger partial charge on any atom is 0.328 e. The zero-order chi connectivity index (χ0) is 20.9. The van der Waals surface area contributed by atoms with Gasteiger partial charge in [-0.1, -0.05) is 12.1 Å². The molecule has 0 heterocycles. The van der Waals surface area contributed by atoms with Gasteiger partial charge in [-0.25, -0.2) is 4.79 Å². The van der Waals surface area contributed by atoms with Gasteiger partial charge in [0.25, 0.3) is 0 Å². The van der Waals surface area contributed by atoms with Crippen molar-refractivity contribution in [1.29, 1.82) is 0 Å². The largest absolute Gasteiger partial charge is 0.508 e. The maximum absolute atomic E-state index is 10.9. The van der Waals surface area contributed by atoms with Crippen LogP contribution in [0.3, 0.4) is 0 Å². The van der Waals surface area contributed by atoms with Crippen molar-refractivity contribution in [3.63, 3.8) is 0 Å². The van der Waals surface area contributed by atoms with Crippen LogP contribution in [0.15, 0.2) is 42.5 Å². The summed E-state index contributed by atoms with van der Waals surface area (Å²) < 4.78 is 5.60. The summed E-state index contributed by atoms with van der Waals surface area (Å²) in [5.41, 5.74) is 3.91. The van der Waals surface area contributed by atoms with E-state index < -0.39 is 5.97 Å². The van der Waals surface area contributed by atoms with Gasteiger partial charge in [0.1, 0.15) is 11.5 Å². The number of hydrogen-bond donors (Lipinski definition) is 2. The summed E-state index contributed by atoms with van der Waals surface area (Å²) in [6.07, 6.45) is 10.4. The molecule has 0 unspecified atom stereocenters. The Bertz CT molecular complexity index is 984. The normalized spacial score (nSPS) is 29.4. The molecule has 6 rings (SSSR count). The summed E-state index contributed by atoms with van der Waals surface area (Å²) in [6, 6.07) is 11.6. The van der Waals surface area contributed by atoms with Crippen molar-refractivity contribution in [2.45, 2.75) is 43.9 Å². The summed E-state index contributed by atoms with van der Waals surface area (Å²) >= 11 is 0. The zero-order valence-electron chi connectivity index (χ0n) is 17.3. The van der Waals surface area contributed by atoms with E-state index >= 15 is 0 Å². The number of ether oxygens (including phenoxy) is 1. The molecule has 0 amide bonds. The van der Waals surface area contributed by atoms with Gasteiger partial charge in [-0.15, -0.1) is 0 Å². The smallest absolute Gasteiger partial charge is 0.328 e. The Labute approximate surface area is 177 Å². The molecule has 2 aromatic rings. The van der Waals surface area contributed by atoms with Gasteiger partial charge in [0.15, 0.2) is 0 Å². The summed E-state index contributed by atoms with van der Waals surface area (Å²) in [7, 11) is 1.64. The number of phenols is 1. The SMILES string of the molecule is COc1ccc(/C=C/C(=O)O)cc1-c1ccc(O)c(C23CC4CC(CC(C4)C2)C3)c1. The lowest BCUT2D eigenvalue weighted by Crippen LogP contribution is -2.48. The number of benzene rings is 2. The van der Waals surface area contributed by atoms with Crippen LogP contribution in [0.4, 0.5) is 0 Å². The molecule has 0 spiro atoms. The molecule has 4 aliphatic rings. The number of rotatable bonds is 5. The Kier molecular flexibility index (Phi) is 4.61. The summed E-state index contributed by atoms with van der Waals surface area (Å²) in [4.78, 5) is 10.9. The summed E-state index contributed by atoms with van der Waals surface area (Å²) in [5.74, 6) is 2.59. The van der Waals surface area contributed by atoms with Crippen LogP contribution >= 0.6 is 0 Å². The molecular formula is C26H28O4. The highest BCUT2D eigenvalue weighted by Gasteiger charge is 2.52. The number of methoxy groups -OCH3 is 1. The number of aliphatic carboxylic acids is 1. The van der Waals surface area contributed by atoms with Gasteiger partial charge in [-0.3, -0.25) is 0 Å². The van der Waals surface area contributed by atoms with Crippen LogP contribution in [0.1, 0.15) is 49.7 Å². The molecule has 4 nitrogen and oxygen atoms in total. The van der Waals surface area contributed by atoms with Crippen LogP contribution in [0.2, 0.25) is 0 Å². The van der Waals surface area contributed by atoms with Crippen LogP contribution in [0, 0.1) is 17.8 Å². The number of phenolic OH excluding ortho intramolecular Hbond substituents is 1. The lowest BCUT2D eigenvalue weighted by atomic mass is 9.48. The van der Waals surface area contributed by atoms with Crippen molar-refractivity contribution < 1.29 is 19.7 Å². The standard InChI is InChI=1S/C26H28O4/c1-30-24-6-2-16(3-7-25(28)29)11-21(24)20-4-5-23(27)22(12-20)26-13-17-8-18(14-26)10-19(9-17)15-26/h2-7,11-12,17-19,27H,8-10,13-15H2,1H3,(H,28,29)/b7-3+. The highest BCUT2D eigenvalue weighted by Crippen LogP contribution is 2.62. The van der Waals surface area contributed by atoms with Gasteiger partial charge in [-0.05, 0) is 103 Å². The van der Waals surface area contributed by atoms with Gasteiger partial charge in [0.2, 0.25) is 0 Å². The number of aromatic hydroxyl groups is 1. The molecule has 2 N–H and O–H groups in total. The average Bonchev–Trinajstić information content (AvgIpc) is 2.71. The van der Waals surface area contributed by atoms with E-state index in [1.807, 2.05) is 30.3 Å². The summed E-state index contributed by atoms with van der Waals surface area (Å²) in [5, 5.41) is 19.8. The quantitative estimate of drug-likeness (QED) is 0.634. The average molecular weight is 405 g/mol. The van der Waals surface area contributed by atoms with E-state index in [2.05, 4.69) is 6.07 Å². The van der Waals surface area contributed by atoms with E-state index in [0.717, 1.165) is 51.8 Å². The monoisotopic (exact) mass is 404 g/mol. The van der Waals surface area contributed by atoms with Gasteiger partial charge >= 0.3 is 5.97 Å². The van der Waals surface area contributed by atoms with Crippen LogP contribution in [0.5, 0.6) is 11.5 Å². The fraction of sp³-hybridized carbons (Fsp3) is 0.423. The Morgan fingerprint density at radius 1 is 1.03 bits per heavy atom. The number of carboxylic acid groups (broad SMARTS) is 1. The van der Waals surface area contributed by atoms with E-state index in [9.17, 15) is 9.90 Å². The summed E-state index contributed by atoms with van der Waals surface area (Å²) in [6.45, 7) is 0. The van der Waals surface area contributed by atoms with Crippen molar-refractivity contribution in [1.82, 2.24) is 0 Å². The topological polar surface area (TPSA) is 66.8 Å². The molecule has 4 bridgehead atoms. The highest BCUT2D eigenvalue weighted by atomic mass is 16.5. The lowest BCUT2D eigenvalue weighted by Gasteiger charge is -2.57. The van der Waals surface area contributed by atoms with Gasteiger partial charge in [0.05, 0.1) is 7.11 Å². The van der Waals surface area contributed by atoms with Crippen LogP contribution in [0.25, 0.3) is 17.2 Å². The third kappa shape index (κ3) is 3.28. The first-order chi connectivity index (χ1) is 14.5. The van der Waals surface area contributed by atoms with E-state index in [0.29, 0.717) is 5.75 Å². The second-order valence-corrected chi connectivity index (χ2v) is 9.56. The minimum atomic E-state index is -0.971. The first kappa shape index (κ1) is 19.2. The molecule has 0 saturated heterocycles. The Balaban J connectivity index is 1.57. The van der Waals surface area contributed by atoms with E-state index in [1.54, 1.807) is 13.2 Å². The molecule has 0 aliphatic heterocycles. The van der Waals surface area contributed by atoms with Crippen molar-refractivity contribution in [3.8, 4) is 22.6 Å². The fourth-order valence-corrected chi connectivity index (χ4v) is 6.79. The first-order valence-electron chi connectivity index (χ1n) is 10.9. The molecule has 156 valence electrons. The lowest BCUT2D eigenvalue weighted by molar-refractivity contribution is -0.131. The van der Waals surface area contributed by atoms with Crippen LogP contribution in [-0.2, 0) is 10.2 Å². The Morgan fingerprint density at radius 3 is 2.30 bits per heavy atom. The van der Waals surface area contributed by atoms with E-state index in [4.69, 9.17) is 9.84 Å². The number of carbonyl (C=O) groups is 1. The molecule has 0 radical (unpaired) electrons. The fourth-order valence-electron chi connectivity index (χ4n) is 6.79. The third-order valence-corrected chi connectivity index (χ3v) is 7.56. The molecule has 4 fully saturated rings. The third-order valence-electron chi connectivity index (χ3n) is 7.56. The molecule has 2 aromatic carbocycles. The van der Waals surface area contributed by atoms with E-state index in [-0.39, 0.29) is 5.41 Å². The molecule has 4 saturated carbocycles. The van der Waals surface area contributed by atoms with Crippen molar-refractivity contribution in [3.05, 3.63) is 53.6 Å². The van der Waals surface area contributed by atoms with Crippen molar-refractivity contribution >= 4 is 12.0 Å². The predicted octanol–water partition coefficient (Wildman–Crippen LogP) is 5.63. The van der Waals surface area contributed by atoms with Gasteiger partial charge < -0.3 is 14.9 Å². The zero-order valence-corrected chi connectivity index (χ0v) is 17.3. The molecule has 0 atom stereocenters. The molecule has 0 aromatic heterocycles. The second kappa shape index (κ2) is 7.19. The number of hydrogen-bond acceptors (Lipinski definition) is 3. The van der Waals surface area contributed by atoms with Crippen LogP contribution < -0.4 is 4.74 Å². The van der Waals surface area contributed by atoms with Gasteiger partial charge in [0, 0.05) is 17.2 Å². The van der Waals surface area contributed by atoms with Crippen molar-refractivity contribution in [2.75, 3.05) is 7.11 Å². The predicted molar refractivity (Wildman–Crippen MR) is 117 cm³/mol. The number of carboxylic acids is 1. The molecule has 4 aliphatic carbocycles. The van der Waals surface area contributed by atoms with Gasteiger partial charge in [-0.2, -0.15) is 0 Å². The second-order valence-electron chi connectivity index (χ2n) is 9.56.